The van der Waals surface area contributed by atoms with Gasteiger partial charge in [0, 0.05) is 23.7 Å². The Morgan fingerprint density at radius 2 is 2.00 bits per heavy atom. The van der Waals surface area contributed by atoms with Crippen molar-refractivity contribution in [3.8, 4) is 11.3 Å². The van der Waals surface area contributed by atoms with Crippen LogP contribution < -0.4 is 5.73 Å². The van der Waals surface area contributed by atoms with Gasteiger partial charge >= 0.3 is 0 Å². The third-order valence-corrected chi connectivity index (χ3v) is 2.57. The molecule has 2 aromatic rings. The number of H-pyrrole nitrogens is 1. The first-order chi connectivity index (χ1) is 8.06. The first-order valence-electron chi connectivity index (χ1n) is 5.63. The lowest BCUT2D eigenvalue weighted by Gasteiger charge is -1.99. The van der Waals surface area contributed by atoms with Crippen LogP contribution in [-0.4, -0.2) is 16.0 Å². The van der Waals surface area contributed by atoms with Gasteiger partial charge in [0.15, 0.2) is 0 Å². The van der Waals surface area contributed by atoms with Gasteiger partial charge in [-0.2, -0.15) is 0 Å². The van der Waals surface area contributed by atoms with E-state index < -0.39 is 0 Å². The number of aryl methyl sites for hydroxylation is 1. The number of hydrogen-bond donors (Lipinski definition) is 2. The number of aromatic amines is 1. The van der Waals surface area contributed by atoms with Gasteiger partial charge in [0.05, 0.1) is 5.69 Å². The predicted molar refractivity (Wildman–Crippen MR) is 66.1 cm³/mol. The summed E-state index contributed by atoms with van der Waals surface area (Å²) in [6.45, 7) is 3.89. The summed E-state index contributed by atoms with van der Waals surface area (Å²) in [5.41, 5.74) is 8.49. The summed E-state index contributed by atoms with van der Waals surface area (Å²) in [5, 5.41) is 0. The van der Waals surface area contributed by atoms with E-state index >= 15 is 0 Å². The Morgan fingerprint density at radius 1 is 1.35 bits per heavy atom. The van der Waals surface area contributed by atoms with E-state index in [0.29, 0.717) is 6.42 Å². The minimum atomic E-state index is -0.238. The van der Waals surface area contributed by atoms with Crippen molar-refractivity contribution >= 4 is 0 Å². The van der Waals surface area contributed by atoms with Crippen molar-refractivity contribution in [2.75, 3.05) is 0 Å². The van der Waals surface area contributed by atoms with Crippen LogP contribution in [0.25, 0.3) is 11.3 Å². The highest BCUT2D eigenvalue weighted by Crippen LogP contribution is 2.21. The molecule has 0 aliphatic rings. The Hall–Kier alpha value is -1.68. The van der Waals surface area contributed by atoms with Gasteiger partial charge in [-0.25, -0.2) is 9.37 Å². The van der Waals surface area contributed by atoms with Crippen molar-refractivity contribution in [3.05, 3.63) is 41.6 Å². The van der Waals surface area contributed by atoms with Gasteiger partial charge in [0.1, 0.15) is 11.6 Å². The molecule has 0 spiro atoms. The number of nitrogens with one attached hydrogen (secondary N) is 1. The highest BCUT2D eigenvalue weighted by Gasteiger charge is 2.10. The number of rotatable bonds is 3. The fourth-order valence-corrected chi connectivity index (χ4v) is 1.81. The summed E-state index contributed by atoms with van der Waals surface area (Å²) >= 11 is 0. The topological polar surface area (TPSA) is 54.7 Å². The Bertz CT molecular complexity index is 500. The van der Waals surface area contributed by atoms with Gasteiger partial charge in [-0.1, -0.05) is 0 Å². The summed E-state index contributed by atoms with van der Waals surface area (Å²) in [6.07, 6.45) is 0.710. The molecule has 3 nitrogen and oxygen atoms in total. The van der Waals surface area contributed by atoms with E-state index in [-0.39, 0.29) is 11.9 Å². The minimum Gasteiger partial charge on any atom is -0.346 e. The normalized spacial score (nSPS) is 12.7. The smallest absolute Gasteiger partial charge is 0.123 e. The van der Waals surface area contributed by atoms with Crippen LogP contribution in [0.15, 0.2) is 24.3 Å². The minimum absolute atomic E-state index is 0.0709. The fourth-order valence-electron chi connectivity index (χ4n) is 1.81. The maximum atomic E-state index is 12.8. The highest BCUT2D eigenvalue weighted by molar-refractivity contribution is 5.61. The monoisotopic (exact) mass is 233 g/mol. The number of imidazole rings is 1. The molecule has 17 heavy (non-hydrogen) atoms. The first kappa shape index (κ1) is 11.8. The second-order valence-corrected chi connectivity index (χ2v) is 4.35. The van der Waals surface area contributed by atoms with E-state index in [1.165, 1.54) is 12.1 Å². The zero-order chi connectivity index (χ0) is 12.4. The molecule has 1 aromatic heterocycles. The molecule has 1 aromatic carbocycles. The predicted octanol–water partition coefficient (Wildman–Crippen LogP) is 2.41. The average molecular weight is 233 g/mol. The summed E-state index contributed by atoms with van der Waals surface area (Å²) in [4.78, 5) is 7.70. The molecular weight excluding hydrogens is 217 g/mol. The van der Waals surface area contributed by atoms with Gasteiger partial charge < -0.3 is 10.7 Å². The maximum absolute atomic E-state index is 12.8. The molecule has 4 heteroatoms. The number of benzene rings is 1. The van der Waals surface area contributed by atoms with Crippen LogP contribution in [-0.2, 0) is 6.42 Å². The van der Waals surface area contributed by atoms with Gasteiger partial charge in [-0.15, -0.1) is 0 Å². The molecule has 90 valence electrons. The second-order valence-electron chi connectivity index (χ2n) is 4.35. The van der Waals surface area contributed by atoms with Crippen LogP contribution in [0.1, 0.15) is 18.4 Å². The number of aromatic nitrogens is 2. The van der Waals surface area contributed by atoms with E-state index in [1.54, 1.807) is 12.1 Å². The van der Waals surface area contributed by atoms with Crippen LogP contribution in [0, 0.1) is 12.7 Å². The fraction of sp³-hybridized carbons (Fsp3) is 0.308. The molecule has 1 atom stereocenters. The Morgan fingerprint density at radius 3 is 2.59 bits per heavy atom. The van der Waals surface area contributed by atoms with Crippen molar-refractivity contribution in [1.29, 1.82) is 0 Å². The molecule has 0 saturated carbocycles. The Kier molecular flexibility index (Phi) is 3.24. The molecule has 0 aliphatic heterocycles. The van der Waals surface area contributed by atoms with Gasteiger partial charge in [0.2, 0.25) is 0 Å². The third kappa shape index (κ3) is 2.71. The van der Waals surface area contributed by atoms with Crippen LogP contribution in [0.5, 0.6) is 0 Å². The molecule has 0 radical (unpaired) electrons. The van der Waals surface area contributed by atoms with Crippen LogP contribution >= 0.6 is 0 Å². The van der Waals surface area contributed by atoms with Crippen LogP contribution in [0.3, 0.4) is 0 Å². The molecule has 3 N–H and O–H groups in total. The molecule has 2 rings (SSSR count). The SMILES string of the molecule is Cc1[nH]c(CC(C)N)nc1-c1ccc(F)cc1. The molecule has 1 heterocycles. The number of halogens is 1. The summed E-state index contributed by atoms with van der Waals surface area (Å²) in [6, 6.07) is 6.41. The quantitative estimate of drug-likeness (QED) is 0.855. The van der Waals surface area contributed by atoms with E-state index in [9.17, 15) is 4.39 Å². The Balaban J connectivity index is 2.32. The van der Waals surface area contributed by atoms with E-state index in [2.05, 4.69) is 9.97 Å². The zero-order valence-electron chi connectivity index (χ0n) is 10.00. The lowest BCUT2D eigenvalue weighted by atomic mass is 10.1. The lowest BCUT2D eigenvalue weighted by Crippen LogP contribution is -2.18. The van der Waals surface area contributed by atoms with E-state index in [4.69, 9.17) is 5.73 Å². The molecule has 0 saturated heterocycles. The van der Waals surface area contributed by atoms with Crippen molar-refractivity contribution in [3.63, 3.8) is 0 Å². The maximum Gasteiger partial charge on any atom is 0.123 e. The van der Waals surface area contributed by atoms with Crippen molar-refractivity contribution in [2.45, 2.75) is 26.3 Å². The number of nitrogens with two attached hydrogens (primary N) is 1. The van der Waals surface area contributed by atoms with Crippen LogP contribution in [0.2, 0.25) is 0 Å². The molecular formula is C13H16FN3. The van der Waals surface area contributed by atoms with E-state index in [1.807, 2.05) is 13.8 Å². The van der Waals surface area contributed by atoms with Crippen molar-refractivity contribution in [1.82, 2.24) is 9.97 Å². The number of hydrogen-bond acceptors (Lipinski definition) is 2. The van der Waals surface area contributed by atoms with Crippen molar-refractivity contribution in [2.24, 2.45) is 5.73 Å². The van der Waals surface area contributed by atoms with Crippen LogP contribution in [0.4, 0.5) is 4.39 Å². The zero-order valence-corrected chi connectivity index (χ0v) is 10.00. The molecule has 0 fully saturated rings. The lowest BCUT2D eigenvalue weighted by molar-refractivity contribution is 0.628. The number of nitrogens with zero attached hydrogens (tertiary/aromatic N) is 1. The largest absolute Gasteiger partial charge is 0.346 e. The molecule has 0 amide bonds. The Labute approximate surface area is 99.9 Å². The van der Waals surface area contributed by atoms with Gasteiger partial charge in [-0.05, 0) is 38.1 Å². The third-order valence-electron chi connectivity index (χ3n) is 2.57. The highest BCUT2D eigenvalue weighted by atomic mass is 19.1. The van der Waals surface area contributed by atoms with Gasteiger partial charge in [-0.3, -0.25) is 0 Å². The average Bonchev–Trinajstić information content (AvgIpc) is 2.59. The molecule has 1 unspecified atom stereocenters. The molecule has 0 aliphatic carbocycles. The van der Waals surface area contributed by atoms with Crippen molar-refractivity contribution < 1.29 is 4.39 Å². The first-order valence-corrected chi connectivity index (χ1v) is 5.63. The van der Waals surface area contributed by atoms with Gasteiger partial charge in [0.25, 0.3) is 0 Å². The standard InChI is InChI=1S/C13H16FN3/c1-8(15)7-12-16-9(2)13(17-12)10-3-5-11(14)6-4-10/h3-6,8H,7,15H2,1-2H3,(H,16,17). The summed E-state index contributed by atoms with van der Waals surface area (Å²) in [5.74, 6) is 0.634. The summed E-state index contributed by atoms with van der Waals surface area (Å²) in [7, 11) is 0. The molecule has 0 bridgehead atoms. The summed E-state index contributed by atoms with van der Waals surface area (Å²) < 4.78 is 12.8. The van der Waals surface area contributed by atoms with E-state index in [0.717, 1.165) is 22.8 Å². The second kappa shape index (κ2) is 4.67.